The Labute approximate surface area is 249 Å². The van der Waals surface area contributed by atoms with Gasteiger partial charge in [-0.15, -0.1) is 0 Å². The fourth-order valence-electron chi connectivity index (χ4n) is 4.56. The van der Waals surface area contributed by atoms with E-state index in [1.807, 2.05) is 0 Å². The number of phenols is 1. The Balaban J connectivity index is 2.74. The number of amides is 1. The molecule has 1 rings (SSSR count). The minimum absolute atomic E-state index is 0.00107. The second kappa shape index (κ2) is 19.3. The molecule has 0 radical (unpaired) electrons. The summed E-state index contributed by atoms with van der Waals surface area (Å²) in [7, 11) is -3.30. The maximum Gasteiger partial charge on any atom is 0.336 e. The van der Waals surface area contributed by atoms with E-state index in [1.165, 1.54) is 30.3 Å². The van der Waals surface area contributed by atoms with Crippen molar-refractivity contribution in [1.29, 1.82) is 0 Å². The second-order valence-corrected chi connectivity index (χ2v) is 12.6. The van der Waals surface area contributed by atoms with Crippen LogP contribution in [0.1, 0.15) is 90.0 Å². The van der Waals surface area contributed by atoms with Crippen LogP contribution in [0.25, 0.3) is 0 Å². The van der Waals surface area contributed by atoms with Gasteiger partial charge < -0.3 is 25.7 Å². The number of aliphatic carboxylic acids is 2. The van der Waals surface area contributed by atoms with Crippen molar-refractivity contribution in [2.24, 2.45) is 5.92 Å². The number of aliphatic hydroxyl groups is 1. The average Bonchev–Trinajstić information content (AvgIpc) is 2.92. The lowest BCUT2D eigenvalue weighted by atomic mass is 9.82. The van der Waals surface area contributed by atoms with E-state index in [9.17, 15) is 43.2 Å². The van der Waals surface area contributed by atoms with E-state index in [0.717, 1.165) is 32.1 Å². The summed E-state index contributed by atoms with van der Waals surface area (Å²) in [6.07, 6.45) is 9.87. The van der Waals surface area contributed by atoms with Gasteiger partial charge in [0, 0.05) is 13.0 Å². The predicted molar refractivity (Wildman–Crippen MR) is 161 cm³/mol. The average molecular weight is 613 g/mol. The van der Waals surface area contributed by atoms with E-state index in [0.29, 0.717) is 37.8 Å². The Morgan fingerprint density at radius 3 is 2.17 bits per heavy atom. The van der Waals surface area contributed by atoms with Gasteiger partial charge in [0.05, 0.1) is 11.7 Å². The van der Waals surface area contributed by atoms with Crippen molar-refractivity contribution in [3.8, 4) is 5.75 Å². The molecule has 0 aliphatic carbocycles. The second-order valence-electron chi connectivity index (χ2n) is 10.6. The zero-order chi connectivity index (χ0) is 31.6. The minimum Gasteiger partial charge on any atom is -0.508 e. The van der Waals surface area contributed by atoms with Crippen LogP contribution in [0, 0.1) is 5.92 Å². The van der Waals surface area contributed by atoms with Crippen LogP contribution in [0.5, 0.6) is 5.75 Å². The number of nitrogens with one attached hydrogen (secondary N) is 2. The van der Waals surface area contributed by atoms with Crippen molar-refractivity contribution < 1.29 is 43.2 Å². The van der Waals surface area contributed by atoms with Crippen LogP contribution in [0.4, 0.5) is 0 Å². The Kier molecular flexibility index (Phi) is 17.0. The maximum absolute atomic E-state index is 13.2. The van der Waals surface area contributed by atoms with Crippen LogP contribution in [0.2, 0.25) is 0 Å². The lowest BCUT2D eigenvalue weighted by Gasteiger charge is -2.30. The number of rotatable bonds is 23. The van der Waals surface area contributed by atoms with Crippen LogP contribution < -0.4 is 10.0 Å². The third-order valence-electron chi connectivity index (χ3n) is 7.00. The number of hydrogen-bond acceptors (Lipinski definition) is 7. The molecule has 0 fully saturated rings. The molecule has 1 aromatic carbocycles. The summed E-state index contributed by atoms with van der Waals surface area (Å²) in [5, 5.41) is 42.3. The van der Waals surface area contributed by atoms with Gasteiger partial charge in [0.1, 0.15) is 11.8 Å². The van der Waals surface area contributed by atoms with Crippen molar-refractivity contribution in [3.05, 3.63) is 42.0 Å². The molecular formula is C30H48N2O9S. The number of carbonyl (C=O) groups is 3. The highest BCUT2D eigenvalue weighted by Gasteiger charge is 2.46. The molecule has 0 saturated carbocycles. The lowest BCUT2D eigenvalue weighted by molar-refractivity contribution is -0.167. The first-order valence-corrected chi connectivity index (χ1v) is 16.4. The summed E-state index contributed by atoms with van der Waals surface area (Å²) in [4.78, 5) is 37.1. The molecule has 1 amide bonds. The molecule has 0 heterocycles. The molecule has 0 aliphatic rings. The maximum atomic E-state index is 13.2. The van der Waals surface area contributed by atoms with Crippen LogP contribution in [-0.4, -0.2) is 70.6 Å². The van der Waals surface area contributed by atoms with Gasteiger partial charge in [-0.2, -0.15) is 0 Å². The largest absolute Gasteiger partial charge is 0.508 e. The minimum atomic E-state index is -3.30. The number of carboxylic acid groups (broad SMARTS) is 2. The molecule has 3 atom stereocenters. The Hall–Kier alpha value is -2.96. The van der Waals surface area contributed by atoms with Crippen LogP contribution in [-0.2, 0) is 30.8 Å². The van der Waals surface area contributed by atoms with E-state index in [-0.39, 0.29) is 30.8 Å². The van der Waals surface area contributed by atoms with Gasteiger partial charge in [0.25, 0.3) is 0 Å². The van der Waals surface area contributed by atoms with Gasteiger partial charge in [-0.3, -0.25) is 4.79 Å². The number of aromatic hydroxyl groups is 1. The van der Waals surface area contributed by atoms with E-state index in [4.69, 9.17) is 0 Å². The SMILES string of the molecule is CCCCCCNS(=O)(=O)CCCCCC/C=C/[C@H](C(=O)N[C@@H](Cc1ccc(O)cc1)C(=O)O)[C@@](O)(CCC)C(=O)O. The number of phenolic OH excluding ortho intramolecular Hbond substituents is 1. The number of allylic oxidation sites excluding steroid dienone is 1. The number of unbranched alkanes of at least 4 members (excludes halogenated alkanes) is 7. The summed E-state index contributed by atoms with van der Waals surface area (Å²) >= 11 is 0. The third kappa shape index (κ3) is 13.8. The van der Waals surface area contributed by atoms with E-state index in [1.54, 1.807) is 13.0 Å². The summed E-state index contributed by atoms with van der Waals surface area (Å²) in [5.41, 5.74) is -1.90. The van der Waals surface area contributed by atoms with E-state index in [2.05, 4.69) is 17.0 Å². The highest BCUT2D eigenvalue weighted by atomic mass is 32.2. The normalized spacial score (nSPS) is 14.7. The standard InChI is InChI=1S/C30H48N2O9S/c1-3-5-6-12-20-31-42(40,41)21-13-10-8-7-9-11-14-25(30(39,19-4-2)29(37)38)27(34)32-26(28(35)36)22-23-15-17-24(33)18-16-23/h11,14-18,25-26,31,33,39H,3-10,12-13,19-22H2,1-2H3,(H,32,34)(H,35,36)(H,37,38)/b14-11+/t25-,26+,30+/m1/s1. The fraction of sp³-hybridized carbons (Fsp3) is 0.633. The zero-order valence-corrected chi connectivity index (χ0v) is 25.6. The van der Waals surface area contributed by atoms with Crippen LogP contribution >= 0.6 is 0 Å². The number of carbonyl (C=O) groups excluding carboxylic acids is 1. The molecule has 0 unspecified atom stereocenters. The van der Waals surface area contributed by atoms with Crippen molar-refractivity contribution >= 4 is 27.9 Å². The molecule has 0 aromatic heterocycles. The molecular weight excluding hydrogens is 564 g/mol. The van der Waals surface area contributed by atoms with Gasteiger partial charge in [-0.05, 0) is 49.8 Å². The summed E-state index contributed by atoms with van der Waals surface area (Å²) in [5.74, 6) is -5.33. The molecule has 0 aliphatic heterocycles. The Morgan fingerprint density at radius 2 is 1.57 bits per heavy atom. The van der Waals surface area contributed by atoms with Crippen molar-refractivity contribution in [3.63, 3.8) is 0 Å². The Bertz CT molecular complexity index is 1110. The van der Waals surface area contributed by atoms with Crippen molar-refractivity contribution in [2.45, 2.75) is 103 Å². The first-order valence-electron chi connectivity index (χ1n) is 14.8. The quantitative estimate of drug-likeness (QED) is 0.0789. The number of carboxylic acids is 2. The topological polar surface area (TPSA) is 190 Å². The molecule has 0 bridgehead atoms. The van der Waals surface area contributed by atoms with Crippen LogP contribution in [0.15, 0.2) is 36.4 Å². The highest BCUT2D eigenvalue weighted by molar-refractivity contribution is 7.89. The molecule has 12 heteroatoms. The summed E-state index contributed by atoms with van der Waals surface area (Å²) in [6, 6.07) is 4.41. The van der Waals surface area contributed by atoms with E-state index < -0.39 is 45.4 Å². The molecule has 0 spiro atoms. The van der Waals surface area contributed by atoms with Crippen molar-refractivity contribution in [1.82, 2.24) is 10.0 Å². The molecule has 6 N–H and O–H groups in total. The van der Waals surface area contributed by atoms with Gasteiger partial charge in [-0.25, -0.2) is 22.7 Å². The van der Waals surface area contributed by atoms with E-state index >= 15 is 0 Å². The Morgan fingerprint density at radius 1 is 0.929 bits per heavy atom. The van der Waals surface area contributed by atoms with Gasteiger partial charge >= 0.3 is 11.9 Å². The zero-order valence-electron chi connectivity index (χ0n) is 24.8. The predicted octanol–water partition coefficient (Wildman–Crippen LogP) is 3.74. The van der Waals surface area contributed by atoms with Gasteiger partial charge in [-0.1, -0.05) is 76.7 Å². The monoisotopic (exact) mass is 612 g/mol. The third-order valence-corrected chi connectivity index (χ3v) is 8.47. The summed E-state index contributed by atoms with van der Waals surface area (Å²) < 4.78 is 26.8. The van der Waals surface area contributed by atoms with Crippen LogP contribution in [0.3, 0.4) is 0 Å². The first-order chi connectivity index (χ1) is 19.9. The fourth-order valence-corrected chi connectivity index (χ4v) is 5.74. The van der Waals surface area contributed by atoms with Gasteiger partial charge in [0.2, 0.25) is 15.9 Å². The molecule has 238 valence electrons. The summed E-state index contributed by atoms with van der Waals surface area (Å²) in [6.45, 7) is 4.21. The van der Waals surface area contributed by atoms with Gasteiger partial charge in [0.15, 0.2) is 5.60 Å². The number of benzene rings is 1. The molecule has 42 heavy (non-hydrogen) atoms. The highest BCUT2D eigenvalue weighted by Crippen LogP contribution is 2.27. The smallest absolute Gasteiger partial charge is 0.336 e. The number of hydrogen-bond donors (Lipinski definition) is 6. The first kappa shape index (κ1) is 37.1. The molecule has 0 saturated heterocycles. The lowest BCUT2D eigenvalue weighted by Crippen LogP contribution is -2.54. The molecule has 11 nitrogen and oxygen atoms in total. The van der Waals surface area contributed by atoms with Crippen molar-refractivity contribution in [2.75, 3.05) is 12.3 Å². The molecule has 1 aromatic rings. The number of sulfonamides is 1.